The van der Waals surface area contributed by atoms with Crippen LogP contribution in [0.1, 0.15) is 56.2 Å². The fourth-order valence-electron chi connectivity index (χ4n) is 12.1. The molecule has 5 saturated heterocycles. The molecule has 644 valence electrons. The molecule has 0 spiro atoms. The number of hydrogen-bond donors (Lipinski definition) is 2. The molecule has 124 heavy (non-hydrogen) atoms. The van der Waals surface area contributed by atoms with E-state index in [1.807, 2.05) is 97.9 Å². The molecule has 2 N–H and O–H groups in total. The maximum atomic E-state index is 11.4. The van der Waals surface area contributed by atoms with Gasteiger partial charge in [0.2, 0.25) is 0 Å². The van der Waals surface area contributed by atoms with Crippen molar-refractivity contribution in [1.29, 1.82) is 0 Å². The monoisotopic (exact) mass is 1760 g/mol. The Kier molecular flexibility index (Phi) is 43.8. The number of hydrogen-bond acceptors (Lipinski definition) is 20. The second kappa shape index (κ2) is 56.7. The number of nitrogens with zero attached hydrogens (tertiary/aromatic N) is 10. The van der Waals surface area contributed by atoms with Gasteiger partial charge in [-0.3, -0.25) is 20.0 Å². The molecule has 7 aliphatic rings. The Morgan fingerprint density at radius 1 is 0.290 bits per heavy atom. The SMILES string of the molecule is C1=[NH+]c2ncccc2C1=c1ccc(=C(c2ccc[n-]2)c2ccc[n-]2)cc1.C1=[NH+]c2ncccc2C1=c1ccc(=C(c2ccc[n-]2)c2ccc[n-]2)cc1.C1COCCO1.C1COCCO1.C1COCCO1.C1COCCO1.C1COCCO1.[Co+3].[Co+3].[O-]c1ccccc1C=NCCN=Cc1ccccc1[O-].[O-]c1ccccc1C=NCCN=Cc1ccccc1[O-]. The summed E-state index contributed by atoms with van der Waals surface area (Å²) in [5, 5.41) is 50.1. The number of rotatable bonds is 14. The van der Waals surface area contributed by atoms with Crippen LogP contribution in [0.15, 0.2) is 276 Å². The zero-order valence-corrected chi connectivity index (χ0v) is 70.6. The van der Waals surface area contributed by atoms with E-state index in [1.165, 1.54) is 24.3 Å². The van der Waals surface area contributed by atoms with Crippen molar-refractivity contribution in [3.63, 3.8) is 0 Å². The smallest absolute Gasteiger partial charge is 0.872 e. The largest absolute Gasteiger partial charge is 3.00 e. The van der Waals surface area contributed by atoms with Crippen LogP contribution >= 0.6 is 0 Å². The number of fused-ring (bicyclic) bond motifs is 2. The summed E-state index contributed by atoms with van der Waals surface area (Å²) in [5.74, 6) is 1.64. The molecule has 0 saturated carbocycles. The van der Waals surface area contributed by atoms with E-state index in [1.54, 1.807) is 110 Å². The third kappa shape index (κ3) is 32.7. The van der Waals surface area contributed by atoms with E-state index in [0.717, 1.165) is 221 Å². The normalized spacial score (nSPS) is 14.7. The van der Waals surface area contributed by atoms with Gasteiger partial charge in [-0.15, -0.1) is 45.8 Å². The van der Waals surface area contributed by atoms with Gasteiger partial charge in [0, 0.05) is 36.0 Å². The number of aliphatic imine (C=N–C) groups is 4. The molecule has 19 rings (SSSR count). The van der Waals surface area contributed by atoms with Crippen molar-refractivity contribution in [2.45, 2.75) is 0 Å². The topological polar surface area (TPSA) is 344 Å². The predicted octanol–water partition coefficient (Wildman–Crippen LogP) is 3.38. The van der Waals surface area contributed by atoms with Crippen LogP contribution in [0.25, 0.3) is 22.3 Å². The fraction of sp³-hybridized carbons (Fsp3) is 0.250. The van der Waals surface area contributed by atoms with Gasteiger partial charge in [0.1, 0.15) is 12.4 Å². The van der Waals surface area contributed by atoms with Gasteiger partial charge < -0.3 is 87.7 Å². The summed E-state index contributed by atoms with van der Waals surface area (Å²) in [7, 11) is 0. The summed E-state index contributed by atoms with van der Waals surface area (Å²) >= 11 is 0. The van der Waals surface area contributed by atoms with Crippen molar-refractivity contribution in [2.75, 3.05) is 158 Å². The first kappa shape index (κ1) is 95.9. The minimum absolute atomic E-state index is 0. The van der Waals surface area contributed by atoms with Gasteiger partial charge in [0.15, 0.2) is 0 Å². The maximum absolute atomic E-state index is 11.4. The van der Waals surface area contributed by atoms with Crippen LogP contribution in [0, 0.1) is 0 Å². The zero-order valence-electron chi connectivity index (χ0n) is 68.5. The van der Waals surface area contributed by atoms with Gasteiger partial charge in [0.25, 0.3) is 0 Å². The third-order valence-corrected chi connectivity index (χ3v) is 18.1. The summed E-state index contributed by atoms with van der Waals surface area (Å²) < 4.78 is 49.4. The average molecular weight is 1760 g/mol. The minimum Gasteiger partial charge on any atom is -0.872 e. The van der Waals surface area contributed by atoms with Crippen LogP contribution in [0.5, 0.6) is 23.0 Å². The second-order valence-corrected chi connectivity index (χ2v) is 26.6. The Morgan fingerprint density at radius 3 is 0.734 bits per heavy atom. The number of nitrogens with one attached hydrogen (secondary N) is 2. The molecule has 5 fully saturated rings. The van der Waals surface area contributed by atoms with E-state index in [4.69, 9.17) is 47.4 Å². The quantitative estimate of drug-likeness (QED) is 0.116. The van der Waals surface area contributed by atoms with Gasteiger partial charge in [-0.1, -0.05) is 194 Å². The van der Waals surface area contributed by atoms with Crippen LogP contribution in [0.4, 0.5) is 11.6 Å². The van der Waals surface area contributed by atoms with Gasteiger partial charge in [-0.25, -0.2) is 9.98 Å². The molecule has 0 atom stereocenters. The van der Waals surface area contributed by atoms with E-state index in [-0.39, 0.29) is 56.6 Å². The molecule has 28 heteroatoms. The van der Waals surface area contributed by atoms with Crippen LogP contribution < -0.4 is 71.2 Å². The molecule has 7 aliphatic heterocycles. The zero-order chi connectivity index (χ0) is 84.3. The summed E-state index contributed by atoms with van der Waals surface area (Å²) in [6.07, 6.45) is 21.1. The molecule has 0 radical (unpaired) electrons. The third-order valence-electron chi connectivity index (χ3n) is 18.1. The Labute approximate surface area is 741 Å². The molecule has 6 aromatic heterocycles. The molecule has 0 unspecified atom stereocenters. The molecule has 6 aromatic carbocycles. The Morgan fingerprint density at radius 2 is 0.524 bits per heavy atom. The first-order valence-electron chi connectivity index (χ1n) is 40.3. The number of ether oxygens (including phenoxy) is 10. The minimum atomic E-state index is -0.0416. The first-order chi connectivity index (χ1) is 60.3. The van der Waals surface area contributed by atoms with E-state index >= 15 is 0 Å². The average Bonchev–Trinajstić information content (AvgIpc) is 1.60. The molecular weight excluding hydrogens is 1660 g/mol. The molecule has 12 aromatic rings. The van der Waals surface area contributed by atoms with Crippen LogP contribution in [0.3, 0.4) is 0 Å². The summed E-state index contributed by atoms with van der Waals surface area (Å²) in [4.78, 5) is 49.6. The number of aromatic nitrogens is 6. The summed E-state index contributed by atoms with van der Waals surface area (Å²) in [6.45, 7) is 17.5. The summed E-state index contributed by atoms with van der Waals surface area (Å²) in [5.41, 5.74) is 12.7. The maximum Gasteiger partial charge on any atom is 3.00 e. The van der Waals surface area contributed by atoms with E-state index in [9.17, 15) is 20.4 Å². The van der Waals surface area contributed by atoms with Crippen LogP contribution in [-0.2, 0) is 80.9 Å². The van der Waals surface area contributed by atoms with Crippen LogP contribution in [-0.4, -0.2) is 206 Å². The number of para-hydroxylation sites is 4. The van der Waals surface area contributed by atoms with E-state index < -0.39 is 0 Å². The molecule has 26 nitrogen and oxygen atoms in total. The van der Waals surface area contributed by atoms with Gasteiger partial charge in [0.05, 0.1) is 182 Å². The number of pyridine rings is 2. The van der Waals surface area contributed by atoms with Crippen molar-refractivity contribution in [2.24, 2.45) is 20.0 Å². The van der Waals surface area contributed by atoms with Gasteiger partial charge in [-0.2, -0.15) is 24.8 Å². The predicted molar refractivity (Wildman–Crippen MR) is 462 cm³/mol. The molecule has 0 aliphatic carbocycles. The molecule has 0 amide bonds. The molecule has 0 bridgehead atoms. The number of benzene rings is 6. The van der Waals surface area contributed by atoms with Crippen molar-refractivity contribution in [1.82, 2.24) is 29.9 Å². The first-order valence-corrected chi connectivity index (χ1v) is 40.3. The second-order valence-electron chi connectivity index (χ2n) is 26.6. The van der Waals surface area contributed by atoms with Crippen molar-refractivity contribution in [3.8, 4) is 23.0 Å². The van der Waals surface area contributed by atoms with E-state index in [0.29, 0.717) is 48.4 Å². The Balaban J connectivity index is 0.000000168. The van der Waals surface area contributed by atoms with Crippen molar-refractivity contribution in [3.05, 3.63) is 333 Å². The van der Waals surface area contributed by atoms with Gasteiger partial charge in [-0.05, 0) is 88.5 Å². The van der Waals surface area contributed by atoms with Crippen LogP contribution in [0.2, 0.25) is 0 Å². The Bertz CT molecular complexity index is 4830. The van der Waals surface area contributed by atoms with E-state index in [2.05, 4.69) is 121 Å². The standard InChI is InChI=1S/2C22H14N4.2C16H16N2O2.5C4H8O2.2Co/c2*1-4-17-18(14-26-22(17)25-13-1)15-7-9-16(10-8-15)21(19-5-2-11-23-19)20-6-3-12-24-20;2*19-15-7-3-1-5-13(15)11-17-9-10-18-12-14-6-2-4-8-16(14)20;5*1-2-6-4-3-5-1;;/h2*1-14H;2*1-8,11-12,19-20H,9-10H2;5*1-4H2;;/q2*-2;;;;;;;;2*+3/p-2. The molecular formula is C96H98Co2N12O14. The summed E-state index contributed by atoms with van der Waals surface area (Å²) in [6, 6.07) is 67.9. The molecule has 13 heterocycles. The Hall–Kier alpha value is -11.9. The van der Waals surface area contributed by atoms with Crippen molar-refractivity contribution < 1.29 is 111 Å². The van der Waals surface area contributed by atoms with Gasteiger partial charge >= 0.3 is 45.2 Å². The fourth-order valence-corrected chi connectivity index (χ4v) is 12.1. The van der Waals surface area contributed by atoms with Crippen molar-refractivity contribution >= 4 is 71.2 Å².